The molecule has 2 aliphatic heterocycles. The van der Waals surface area contributed by atoms with Gasteiger partial charge < -0.3 is 4.74 Å². The molecule has 2 aromatic rings. The number of amides is 4. The molecule has 2 saturated heterocycles. The fourth-order valence-electron chi connectivity index (χ4n) is 7.50. The molecule has 2 unspecified atom stereocenters. The van der Waals surface area contributed by atoms with Gasteiger partial charge in [0.25, 0.3) is 0 Å². The van der Waals surface area contributed by atoms with Crippen molar-refractivity contribution < 1.29 is 28.7 Å². The van der Waals surface area contributed by atoms with Gasteiger partial charge in [0.15, 0.2) is 0 Å². The van der Waals surface area contributed by atoms with Crippen molar-refractivity contribution >= 4 is 64.2 Å². The van der Waals surface area contributed by atoms with Crippen molar-refractivity contribution in [1.82, 2.24) is 0 Å². The van der Waals surface area contributed by atoms with Crippen LogP contribution < -0.4 is 9.80 Å². The molecule has 1 saturated carbocycles. The lowest BCUT2D eigenvalue weighted by Crippen LogP contribution is -2.61. The van der Waals surface area contributed by atoms with Crippen molar-refractivity contribution in [2.24, 2.45) is 35.0 Å². The van der Waals surface area contributed by atoms with Gasteiger partial charge in [0.05, 0.1) is 41.7 Å². The Bertz CT molecular complexity index is 1410. The number of imide groups is 2. The fourth-order valence-corrected chi connectivity index (χ4v) is 7.75. The second-order valence-corrected chi connectivity index (χ2v) is 11.4. The van der Waals surface area contributed by atoms with E-state index in [9.17, 15) is 24.0 Å². The van der Waals surface area contributed by atoms with Crippen LogP contribution >= 0.6 is 23.2 Å². The molecule has 39 heavy (non-hydrogen) atoms. The van der Waals surface area contributed by atoms with Crippen LogP contribution in [0, 0.1) is 35.0 Å². The number of hydrogen-bond donors (Lipinski definition) is 0. The number of nitrogens with zero attached hydrogens (tertiary/aromatic N) is 2. The fraction of sp³-hybridized carbons (Fsp3) is 0.345. The Balaban J connectivity index is 1.54. The number of ether oxygens (including phenoxy) is 1. The summed E-state index contributed by atoms with van der Waals surface area (Å²) >= 11 is 12.1. The molecule has 10 heteroatoms. The highest BCUT2D eigenvalue weighted by molar-refractivity contribution is 6.31. The van der Waals surface area contributed by atoms with E-state index in [2.05, 4.69) is 0 Å². The minimum absolute atomic E-state index is 0.0894. The maximum Gasteiger partial charge on any atom is 0.334 e. The zero-order valence-electron chi connectivity index (χ0n) is 21.3. The van der Waals surface area contributed by atoms with E-state index in [1.807, 2.05) is 0 Å². The Morgan fingerprint density at radius 2 is 1.18 bits per heavy atom. The Labute approximate surface area is 234 Å². The van der Waals surface area contributed by atoms with Crippen molar-refractivity contribution in [2.75, 3.05) is 16.4 Å². The summed E-state index contributed by atoms with van der Waals surface area (Å²) in [6, 6.07) is 12.6. The monoisotopic (exact) mass is 566 g/mol. The van der Waals surface area contributed by atoms with Crippen molar-refractivity contribution in [2.45, 2.75) is 20.8 Å². The highest BCUT2D eigenvalue weighted by atomic mass is 35.5. The third-order valence-electron chi connectivity index (χ3n) is 8.85. The molecular formula is C29H24Cl2N2O6. The largest absolute Gasteiger partial charge is 0.463 e. The molecule has 200 valence electrons. The Morgan fingerprint density at radius 3 is 1.56 bits per heavy atom. The van der Waals surface area contributed by atoms with Gasteiger partial charge in [0.1, 0.15) is 0 Å². The average molecular weight is 567 g/mol. The first-order valence-corrected chi connectivity index (χ1v) is 13.4. The summed E-state index contributed by atoms with van der Waals surface area (Å²) in [4.78, 5) is 71.8. The van der Waals surface area contributed by atoms with Crippen LogP contribution in [0.15, 0.2) is 59.7 Å². The predicted molar refractivity (Wildman–Crippen MR) is 143 cm³/mol. The van der Waals surface area contributed by atoms with Crippen LogP contribution in [-0.2, 0) is 28.7 Å². The van der Waals surface area contributed by atoms with Gasteiger partial charge in [-0.3, -0.25) is 29.0 Å². The van der Waals surface area contributed by atoms with E-state index in [1.54, 1.807) is 69.3 Å². The van der Waals surface area contributed by atoms with Crippen LogP contribution in [0.3, 0.4) is 0 Å². The highest BCUT2D eigenvalue weighted by Crippen LogP contribution is 2.68. The highest BCUT2D eigenvalue weighted by Gasteiger charge is 2.77. The number of allylic oxidation sites excluding steroid dienone is 1. The second kappa shape index (κ2) is 8.76. The summed E-state index contributed by atoms with van der Waals surface area (Å²) in [5, 5.41) is 0.884. The molecule has 5 aliphatic rings. The molecule has 4 amide bonds. The van der Waals surface area contributed by atoms with Gasteiger partial charge in [-0.15, -0.1) is 0 Å². The van der Waals surface area contributed by atoms with Gasteiger partial charge >= 0.3 is 5.97 Å². The number of hydrogen-bond acceptors (Lipinski definition) is 6. The van der Waals surface area contributed by atoms with Crippen LogP contribution in [0.1, 0.15) is 20.8 Å². The molecule has 0 aromatic heterocycles. The van der Waals surface area contributed by atoms with Gasteiger partial charge in [0.2, 0.25) is 23.6 Å². The van der Waals surface area contributed by atoms with E-state index in [1.165, 1.54) is 0 Å². The summed E-state index contributed by atoms with van der Waals surface area (Å²) in [5.74, 6) is -7.33. The lowest BCUT2D eigenvalue weighted by Gasteiger charge is -2.55. The number of carbonyl (C=O) groups is 5. The quantitative estimate of drug-likeness (QED) is 0.400. The van der Waals surface area contributed by atoms with E-state index in [0.29, 0.717) is 27.0 Å². The minimum atomic E-state index is -1.46. The first kappa shape index (κ1) is 25.8. The summed E-state index contributed by atoms with van der Waals surface area (Å²) < 4.78 is 5.39. The van der Waals surface area contributed by atoms with Gasteiger partial charge in [-0.05, 0) is 62.4 Å². The van der Waals surface area contributed by atoms with Crippen LogP contribution in [0.4, 0.5) is 11.4 Å². The normalized spacial score (nSPS) is 31.3. The van der Waals surface area contributed by atoms with Crippen molar-refractivity contribution in [1.29, 1.82) is 0 Å². The van der Waals surface area contributed by atoms with Crippen molar-refractivity contribution in [3.05, 3.63) is 69.7 Å². The van der Waals surface area contributed by atoms with E-state index in [4.69, 9.17) is 27.9 Å². The topological polar surface area (TPSA) is 101 Å². The molecule has 2 bridgehead atoms. The second-order valence-electron chi connectivity index (χ2n) is 10.6. The number of benzene rings is 2. The van der Waals surface area contributed by atoms with Crippen LogP contribution in [0.2, 0.25) is 10.0 Å². The molecule has 0 N–H and O–H groups in total. The van der Waals surface area contributed by atoms with Gasteiger partial charge in [0, 0.05) is 27.0 Å². The Kier molecular flexibility index (Phi) is 5.79. The summed E-state index contributed by atoms with van der Waals surface area (Å²) in [6.45, 7) is 5.11. The van der Waals surface area contributed by atoms with E-state index < -0.39 is 64.6 Å². The zero-order chi connectivity index (χ0) is 28.0. The molecule has 0 spiro atoms. The SMILES string of the molecule is CCOC(=O)C1=C(C)C2[C@H]3C(=O)N(c4ccc(Cl)cc4)C(=O)[C@H]3C1(C)[C@H]1C(=O)N(c3ccc(Cl)cc3)C(=O)[C@@H]21. The first-order valence-electron chi connectivity index (χ1n) is 12.7. The Hall–Kier alpha value is -3.49. The summed E-state index contributed by atoms with van der Waals surface area (Å²) in [5.41, 5.74) is -0.0605. The number of anilines is 2. The maximum absolute atomic E-state index is 14.1. The zero-order valence-corrected chi connectivity index (χ0v) is 22.8. The lowest BCUT2D eigenvalue weighted by molar-refractivity contribution is -0.155. The van der Waals surface area contributed by atoms with Gasteiger partial charge in [-0.2, -0.15) is 0 Å². The number of halogens is 2. The molecule has 7 rings (SSSR count). The maximum atomic E-state index is 14.1. The van der Waals surface area contributed by atoms with Crippen molar-refractivity contribution in [3.63, 3.8) is 0 Å². The van der Waals surface area contributed by atoms with Crippen LogP contribution in [-0.4, -0.2) is 36.2 Å². The molecule has 3 aliphatic carbocycles. The standard InChI is InChI=1S/C29H24Cl2N2O6/c1-4-39-28(38)21-13(2)18-19-22(26(36)32(24(19)34)16-9-5-14(30)6-10-16)29(21,3)23-20(18)25(35)33(27(23)37)17-11-7-15(31)8-12-17/h5-12,18-20,22-23H,4H2,1-3H3/t18?,19-,20+,22+,23-,29?. The smallest absolute Gasteiger partial charge is 0.334 e. The van der Waals surface area contributed by atoms with Crippen LogP contribution in [0.25, 0.3) is 0 Å². The first-order chi connectivity index (χ1) is 18.5. The van der Waals surface area contributed by atoms with E-state index >= 15 is 0 Å². The van der Waals surface area contributed by atoms with E-state index in [0.717, 1.165) is 9.80 Å². The summed E-state index contributed by atoms with van der Waals surface area (Å²) in [7, 11) is 0. The molecular weight excluding hydrogens is 543 g/mol. The van der Waals surface area contributed by atoms with Gasteiger partial charge in [-0.25, -0.2) is 4.79 Å². The average Bonchev–Trinajstić information content (AvgIpc) is 3.32. The third kappa shape index (κ3) is 3.28. The predicted octanol–water partition coefficient (Wildman–Crippen LogP) is 4.43. The molecule has 2 heterocycles. The van der Waals surface area contributed by atoms with Crippen LogP contribution in [0.5, 0.6) is 0 Å². The molecule has 6 atom stereocenters. The number of carbonyl (C=O) groups excluding carboxylic acids is 5. The number of rotatable bonds is 4. The Morgan fingerprint density at radius 1 is 0.769 bits per heavy atom. The molecule has 2 aromatic carbocycles. The lowest BCUT2D eigenvalue weighted by atomic mass is 9.43. The molecule has 0 radical (unpaired) electrons. The molecule has 3 fully saturated rings. The van der Waals surface area contributed by atoms with Crippen molar-refractivity contribution in [3.8, 4) is 0 Å². The summed E-state index contributed by atoms with van der Waals surface area (Å²) in [6.07, 6.45) is 0. The van der Waals surface area contributed by atoms with Gasteiger partial charge in [-0.1, -0.05) is 35.7 Å². The third-order valence-corrected chi connectivity index (χ3v) is 9.35. The molecule has 8 nitrogen and oxygen atoms in total. The minimum Gasteiger partial charge on any atom is -0.463 e. The number of esters is 1. The van der Waals surface area contributed by atoms with E-state index in [-0.39, 0.29) is 12.2 Å².